The molecular formula is C35H50N2O3Si. The number of carbonyl (C=O) groups excluding carboxylic acids is 1. The molecule has 1 amide bonds. The van der Waals surface area contributed by atoms with Crippen molar-refractivity contribution in [3.05, 3.63) is 59.2 Å². The first-order valence-electron chi connectivity index (χ1n) is 15.6. The van der Waals surface area contributed by atoms with Crippen molar-refractivity contribution < 1.29 is 14.0 Å². The van der Waals surface area contributed by atoms with Gasteiger partial charge in [-0.3, -0.25) is 4.79 Å². The second-order valence-corrected chi connectivity index (χ2v) is 18.7. The predicted octanol–water partition coefficient (Wildman–Crippen LogP) is 8.76. The minimum absolute atomic E-state index is 0.0126. The number of nitriles is 1. The van der Waals surface area contributed by atoms with E-state index < -0.39 is 8.32 Å². The normalized spacial score (nSPS) is 23.5. The number of rotatable bonds is 8. The molecule has 0 aromatic heterocycles. The fourth-order valence-electron chi connectivity index (χ4n) is 6.40. The van der Waals surface area contributed by atoms with Crippen LogP contribution in [0.15, 0.2) is 42.5 Å². The average Bonchev–Trinajstić information content (AvgIpc) is 2.95. The smallest absolute Gasteiger partial charge is 0.230 e. The highest BCUT2D eigenvalue weighted by molar-refractivity contribution is 6.74. The molecule has 0 unspecified atom stereocenters. The first kappa shape index (κ1) is 31.3. The Kier molecular flexibility index (Phi) is 10.0. The van der Waals surface area contributed by atoms with Crippen molar-refractivity contribution in [3.63, 3.8) is 0 Å². The van der Waals surface area contributed by atoms with E-state index in [0.717, 1.165) is 69.3 Å². The van der Waals surface area contributed by atoms with Crippen LogP contribution < -0.4 is 9.64 Å². The van der Waals surface area contributed by atoms with Crippen molar-refractivity contribution in [1.29, 1.82) is 5.26 Å². The van der Waals surface area contributed by atoms with Gasteiger partial charge in [-0.2, -0.15) is 5.26 Å². The summed E-state index contributed by atoms with van der Waals surface area (Å²) in [5, 5.41) is 9.74. The third-order valence-corrected chi connectivity index (χ3v) is 14.6. The Balaban J connectivity index is 1.42. The second kappa shape index (κ2) is 13.1. The summed E-state index contributed by atoms with van der Waals surface area (Å²) in [5.74, 6) is 2.19. The van der Waals surface area contributed by atoms with Gasteiger partial charge in [0.1, 0.15) is 5.75 Å². The molecule has 0 atom stereocenters. The van der Waals surface area contributed by atoms with Crippen LogP contribution in [0.3, 0.4) is 0 Å². The zero-order valence-electron chi connectivity index (χ0n) is 26.3. The molecule has 2 aliphatic rings. The van der Waals surface area contributed by atoms with E-state index in [9.17, 15) is 10.1 Å². The van der Waals surface area contributed by atoms with Gasteiger partial charge in [0.2, 0.25) is 5.91 Å². The van der Waals surface area contributed by atoms with E-state index in [1.807, 2.05) is 29.2 Å². The Morgan fingerprint density at radius 3 is 2.27 bits per heavy atom. The number of carbonyl (C=O) groups is 1. The highest BCUT2D eigenvalue weighted by Gasteiger charge is 2.41. The third-order valence-electron chi connectivity index (χ3n) is 10.0. The number of amides is 1. The number of hydrogen-bond acceptors (Lipinski definition) is 4. The Morgan fingerprint density at radius 2 is 1.68 bits per heavy atom. The summed E-state index contributed by atoms with van der Waals surface area (Å²) in [4.78, 5) is 16.1. The monoisotopic (exact) mass is 574 g/mol. The maximum Gasteiger partial charge on any atom is 0.230 e. The predicted molar refractivity (Wildman–Crippen MR) is 170 cm³/mol. The number of hydrogen-bond donors (Lipinski definition) is 0. The van der Waals surface area contributed by atoms with Gasteiger partial charge in [0, 0.05) is 24.3 Å². The summed E-state index contributed by atoms with van der Waals surface area (Å²) in [6.45, 7) is 14.3. The molecule has 0 N–H and O–H groups in total. The molecule has 2 aliphatic carbocycles. The van der Waals surface area contributed by atoms with Crippen LogP contribution in [-0.4, -0.2) is 34.0 Å². The van der Waals surface area contributed by atoms with Crippen LogP contribution in [0.1, 0.15) is 94.7 Å². The zero-order chi connectivity index (χ0) is 29.8. The Bertz CT molecular complexity index is 1230. The van der Waals surface area contributed by atoms with Gasteiger partial charge in [-0.15, -0.1) is 0 Å². The van der Waals surface area contributed by atoms with E-state index in [1.54, 1.807) is 7.11 Å². The van der Waals surface area contributed by atoms with Crippen LogP contribution in [0.4, 0.5) is 5.69 Å². The lowest BCUT2D eigenvalue weighted by atomic mass is 9.78. The molecule has 6 heteroatoms. The topological polar surface area (TPSA) is 62.6 Å². The summed E-state index contributed by atoms with van der Waals surface area (Å²) in [6.07, 6.45) is 8.36. The highest BCUT2D eigenvalue weighted by atomic mass is 28.4. The van der Waals surface area contributed by atoms with Crippen LogP contribution in [-0.2, 0) is 9.22 Å². The van der Waals surface area contributed by atoms with Crippen molar-refractivity contribution in [2.75, 3.05) is 18.6 Å². The molecule has 0 radical (unpaired) electrons. The van der Waals surface area contributed by atoms with Crippen LogP contribution in [0.5, 0.6) is 5.75 Å². The van der Waals surface area contributed by atoms with Gasteiger partial charge in [0.15, 0.2) is 8.32 Å². The molecule has 0 aliphatic heterocycles. The lowest BCUT2D eigenvalue weighted by Gasteiger charge is -2.41. The Morgan fingerprint density at radius 1 is 1.00 bits per heavy atom. The van der Waals surface area contributed by atoms with Crippen molar-refractivity contribution in [2.45, 2.75) is 109 Å². The van der Waals surface area contributed by atoms with E-state index in [1.165, 1.54) is 11.1 Å². The lowest BCUT2D eigenvalue weighted by molar-refractivity contribution is -0.124. The third kappa shape index (κ3) is 7.61. The molecule has 222 valence electrons. The lowest BCUT2D eigenvalue weighted by Crippen LogP contribution is -2.46. The molecule has 0 heterocycles. The minimum atomic E-state index is -1.83. The van der Waals surface area contributed by atoms with E-state index in [4.69, 9.17) is 9.16 Å². The standard InChI is InChI=1S/C35H50N2O3Si/c1-25-21-30(17-20-33(25)39-5)28-13-11-26(12-14-28)24-37(31-10-8-9-27(22-31)23-36)34(38)29-15-18-32(19-16-29)40-41(6,7)35(2,3)4/h8-10,17,20-22,26,28-29,32H,11-16,18-19,24H2,1-7H3/t26-,28-,29?,32?. The van der Waals surface area contributed by atoms with Gasteiger partial charge in [-0.1, -0.05) is 39.0 Å². The summed E-state index contributed by atoms with van der Waals surface area (Å²) in [6, 6.07) is 16.4. The molecule has 2 saturated carbocycles. The number of methoxy groups -OCH3 is 1. The van der Waals surface area contributed by atoms with Crippen LogP contribution >= 0.6 is 0 Å². The molecule has 0 bridgehead atoms. The molecule has 2 aromatic rings. The molecule has 4 rings (SSSR count). The van der Waals surface area contributed by atoms with E-state index >= 15 is 0 Å². The van der Waals surface area contributed by atoms with Gasteiger partial charge in [0.05, 0.1) is 18.7 Å². The van der Waals surface area contributed by atoms with E-state index in [2.05, 4.69) is 65.1 Å². The minimum Gasteiger partial charge on any atom is -0.496 e. The molecule has 41 heavy (non-hydrogen) atoms. The second-order valence-electron chi connectivity index (χ2n) is 13.9. The number of benzene rings is 2. The number of anilines is 1. The van der Waals surface area contributed by atoms with Crippen LogP contribution in [0, 0.1) is 30.1 Å². The van der Waals surface area contributed by atoms with Crippen molar-refractivity contribution in [1.82, 2.24) is 0 Å². The van der Waals surface area contributed by atoms with Gasteiger partial charge in [0.25, 0.3) is 0 Å². The molecule has 0 spiro atoms. The number of ether oxygens (including phenoxy) is 1. The van der Waals surface area contributed by atoms with Crippen molar-refractivity contribution in [2.24, 2.45) is 11.8 Å². The Hall–Kier alpha value is -2.62. The van der Waals surface area contributed by atoms with E-state index in [0.29, 0.717) is 17.4 Å². The van der Waals surface area contributed by atoms with Gasteiger partial charge in [-0.05, 0) is 124 Å². The molecule has 5 nitrogen and oxygen atoms in total. The quantitative estimate of drug-likeness (QED) is 0.296. The van der Waals surface area contributed by atoms with Crippen molar-refractivity contribution >= 4 is 19.9 Å². The van der Waals surface area contributed by atoms with E-state index in [-0.39, 0.29) is 23.0 Å². The maximum atomic E-state index is 14.1. The highest BCUT2D eigenvalue weighted by Crippen LogP contribution is 2.41. The maximum absolute atomic E-state index is 14.1. The van der Waals surface area contributed by atoms with Crippen LogP contribution in [0.25, 0.3) is 0 Å². The molecule has 2 aromatic carbocycles. The number of nitrogens with zero attached hydrogens (tertiary/aromatic N) is 2. The van der Waals surface area contributed by atoms with Crippen molar-refractivity contribution in [3.8, 4) is 11.8 Å². The fraction of sp³-hybridized carbons (Fsp3) is 0.600. The first-order chi connectivity index (χ1) is 19.4. The Labute approximate surface area is 249 Å². The van der Waals surface area contributed by atoms with Gasteiger partial charge >= 0.3 is 0 Å². The first-order valence-corrected chi connectivity index (χ1v) is 18.5. The number of aryl methyl sites for hydroxylation is 1. The summed E-state index contributed by atoms with van der Waals surface area (Å²) >= 11 is 0. The van der Waals surface area contributed by atoms with Gasteiger partial charge in [-0.25, -0.2) is 0 Å². The summed E-state index contributed by atoms with van der Waals surface area (Å²) in [5.41, 5.74) is 4.05. The molecule has 2 fully saturated rings. The summed E-state index contributed by atoms with van der Waals surface area (Å²) in [7, 11) is -0.103. The zero-order valence-corrected chi connectivity index (χ0v) is 27.3. The average molecular weight is 575 g/mol. The van der Waals surface area contributed by atoms with Gasteiger partial charge < -0.3 is 14.1 Å². The molecule has 0 saturated heterocycles. The SMILES string of the molecule is COc1ccc([C@H]2CC[C@H](CN(C(=O)C3CCC(O[Si](C)(C)C(C)(C)C)CC3)c3cccc(C#N)c3)CC2)cc1C. The largest absolute Gasteiger partial charge is 0.496 e. The van der Waals surface area contributed by atoms with Crippen LogP contribution in [0.2, 0.25) is 18.1 Å². The fourth-order valence-corrected chi connectivity index (χ4v) is 7.82. The summed E-state index contributed by atoms with van der Waals surface area (Å²) < 4.78 is 12.2. The molecular weight excluding hydrogens is 524 g/mol.